The van der Waals surface area contributed by atoms with Crippen LogP contribution in [0.2, 0.25) is 0 Å². The molecule has 5 nitrogen and oxygen atoms in total. The molecule has 25 heavy (non-hydrogen) atoms. The Kier molecular flexibility index (Phi) is 5.33. The second kappa shape index (κ2) is 7.83. The van der Waals surface area contributed by atoms with Crippen LogP contribution >= 0.6 is 0 Å². The van der Waals surface area contributed by atoms with E-state index in [1.807, 2.05) is 12.1 Å². The van der Waals surface area contributed by atoms with Crippen LogP contribution in [0, 0.1) is 0 Å². The van der Waals surface area contributed by atoms with Gasteiger partial charge in [0.15, 0.2) is 0 Å². The summed E-state index contributed by atoms with van der Waals surface area (Å²) in [6.45, 7) is 0.355. The maximum Gasteiger partial charge on any atom is 0.303 e. The Morgan fingerprint density at radius 1 is 1.08 bits per heavy atom. The molecule has 3 rings (SSSR count). The zero-order valence-electron chi connectivity index (χ0n) is 14.0. The molecule has 0 aliphatic heterocycles. The van der Waals surface area contributed by atoms with Gasteiger partial charge >= 0.3 is 5.97 Å². The molecule has 0 fully saturated rings. The van der Waals surface area contributed by atoms with Gasteiger partial charge in [-0.1, -0.05) is 12.1 Å². The third-order valence-electron chi connectivity index (χ3n) is 4.31. The summed E-state index contributed by atoms with van der Waals surface area (Å²) in [6, 6.07) is 13.0. The molecule has 0 heterocycles. The van der Waals surface area contributed by atoms with Crippen molar-refractivity contribution in [2.24, 2.45) is 0 Å². The van der Waals surface area contributed by atoms with E-state index in [1.165, 1.54) is 11.1 Å². The van der Waals surface area contributed by atoms with Crippen molar-refractivity contribution in [3.63, 3.8) is 0 Å². The van der Waals surface area contributed by atoms with Gasteiger partial charge < -0.3 is 15.2 Å². The summed E-state index contributed by atoms with van der Waals surface area (Å²) in [5.74, 6) is -0.257. The van der Waals surface area contributed by atoms with Gasteiger partial charge in [0.05, 0.1) is 6.61 Å². The first kappa shape index (κ1) is 17.0. The number of hydrogen-bond acceptors (Lipinski definition) is 3. The molecule has 0 saturated heterocycles. The maximum atomic E-state index is 12.5. The largest absolute Gasteiger partial charge is 0.494 e. The SMILES string of the molecule is O=C(O)CCCOc1ccc(NC(=O)c2cccc3c2CCC3)cc1. The molecule has 0 bridgehead atoms. The lowest BCUT2D eigenvalue weighted by atomic mass is 10.0. The fraction of sp³-hybridized carbons (Fsp3) is 0.300. The van der Waals surface area contributed by atoms with Gasteiger partial charge in [-0.2, -0.15) is 0 Å². The molecule has 1 aliphatic rings. The number of aliphatic carboxylic acids is 1. The standard InChI is InChI=1S/C20H21NO4/c22-19(23)8-3-13-25-16-11-9-15(10-12-16)21-20(24)18-7-2-5-14-4-1-6-17(14)18/h2,5,7,9-12H,1,3-4,6,8,13H2,(H,21,24)(H,22,23). The Bertz CT molecular complexity index is 768. The molecule has 0 atom stereocenters. The number of rotatable bonds is 7. The highest BCUT2D eigenvalue weighted by molar-refractivity contribution is 6.05. The first-order valence-corrected chi connectivity index (χ1v) is 8.50. The highest BCUT2D eigenvalue weighted by atomic mass is 16.5. The van der Waals surface area contributed by atoms with Crippen LogP contribution in [-0.2, 0) is 17.6 Å². The molecular formula is C20H21NO4. The Morgan fingerprint density at radius 3 is 2.64 bits per heavy atom. The van der Waals surface area contributed by atoms with Crippen molar-refractivity contribution in [1.29, 1.82) is 0 Å². The van der Waals surface area contributed by atoms with E-state index in [4.69, 9.17) is 9.84 Å². The first-order chi connectivity index (χ1) is 12.1. The minimum Gasteiger partial charge on any atom is -0.494 e. The zero-order chi connectivity index (χ0) is 17.6. The molecule has 0 unspecified atom stereocenters. The van der Waals surface area contributed by atoms with Gasteiger partial charge in [0, 0.05) is 17.7 Å². The lowest BCUT2D eigenvalue weighted by Crippen LogP contribution is -2.14. The monoisotopic (exact) mass is 339 g/mol. The van der Waals surface area contributed by atoms with Crippen LogP contribution in [-0.4, -0.2) is 23.6 Å². The van der Waals surface area contributed by atoms with E-state index in [0.29, 0.717) is 24.5 Å². The summed E-state index contributed by atoms with van der Waals surface area (Å²) >= 11 is 0. The van der Waals surface area contributed by atoms with Crippen LogP contribution in [0.5, 0.6) is 5.75 Å². The number of nitrogens with one attached hydrogen (secondary N) is 1. The molecule has 1 amide bonds. The Labute approximate surface area is 146 Å². The number of carbonyl (C=O) groups excluding carboxylic acids is 1. The number of benzene rings is 2. The lowest BCUT2D eigenvalue weighted by molar-refractivity contribution is -0.137. The third kappa shape index (κ3) is 4.38. The van der Waals surface area contributed by atoms with Crippen LogP contribution in [0.15, 0.2) is 42.5 Å². The summed E-state index contributed by atoms with van der Waals surface area (Å²) in [7, 11) is 0. The summed E-state index contributed by atoms with van der Waals surface area (Å²) in [5.41, 5.74) is 3.90. The van der Waals surface area contributed by atoms with Crippen LogP contribution in [0.3, 0.4) is 0 Å². The fourth-order valence-electron chi connectivity index (χ4n) is 3.08. The van der Waals surface area contributed by atoms with Crippen molar-refractivity contribution < 1.29 is 19.4 Å². The number of aryl methyl sites for hydroxylation is 1. The zero-order valence-corrected chi connectivity index (χ0v) is 14.0. The average Bonchev–Trinajstić information content (AvgIpc) is 3.08. The molecule has 0 radical (unpaired) electrons. The van der Waals surface area contributed by atoms with Gasteiger partial charge in [-0.05, 0) is 67.1 Å². The third-order valence-corrected chi connectivity index (χ3v) is 4.31. The first-order valence-electron chi connectivity index (χ1n) is 8.50. The quantitative estimate of drug-likeness (QED) is 0.755. The normalized spacial score (nSPS) is 12.5. The number of amides is 1. The van der Waals surface area contributed by atoms with Crippen LogP contribution in [0.4, 0.5) is 5.69 Å². The number of hydrogen-bond donors (Lipinski definition) is 2. The van der Waals surface area contributed by atoms with Gasteiger partial charge in [-0.25, -0.2) is 0 Å². The molecule has 2 aromatic rings. The van der Waals surface area contributed by atoms with Crippen molar-refractivity contribution in [3.8, 4) is 5.75 Å². The highest BCUT2D eigenvalue weighted by Gasteiger charge is 2.18. The second-order valence-electron chi connectivity index (χ2n) is 6.12. The molecule has 2 N–H and O–H groups in total. The Hall–Kier alpha value is -2.82. The van der Waals surface area contributed by atoms with Crippen LogP contribution in [0.25, 0.3) is 0 Å². The van der Waals surface area contributed by atoms with E-state index < -0.39 is 5.97 Å². The van der Waals surface area contributed by atoms with Crippen molar-refractivity contribution in [3.05, 3.63) is 59.2 Å². The minimum atomic E-state index is -0.825. The van der Waals surface area contributed by atoms with Crippen LogP contribution < -0.4 is 10.1 Å². The van der Waals surface area contributed by atoms with Crippen molar-refractivity contribution in [1.82, 2.24) is 0 Å². The van der Waals surface area contributed by atoms with Gasteiger partial charge in [0.25, 0.3) is 5.91 Å². The van der Waals surface area contributed by atoms with Gasteiger partial charge in [-0.15, -0.1) is 0 Å². The van der Waals surface area contributed by atoms with Gasteiger partial charge in [0.2, 0.25) is 0 Å². The molecule has 0 aromatic heterocycles. The Morgan fingerprint density at radius 2 is 1.88 bits per heavy atom. The van der Waals surface area contributed by atoms with E-state index in [2.05, 4.69) is 11.4 Å². The number of carboxylic acid groups (broad SMARTS) is 1. The number of carbonyl (C=O) groups is 2. The average molecular weight is 339 g/mol. The van der Waals surface area contributed by atoms with E-state index in [1.54, 1.807) is 24.3 Å². The molecule has 1 aliphatic carbocycles. The fourth-order valence-corrected chi connectivity index (χ4v) is 3.08. The molecule has 130 valence electrons. The molecular weight excluding hydrogens is 318 g/mol. The summed E-state index contributed by atoms with van der Waals surface area (Å²) < 4.78 is 5.49. The Balaban J connectivity index is 1.57. The van der Waals surface area contributed by atoms with Crippen molar-refractivity contribution in [2.75, 3.05) is 11.9 Å². The molecule has 5 heteroatoms. The molecule has 0 saturated carbocycles. The predicted octanol–water partition coefficient (Wildman–Crippen LogP) is 3.67. The smallest absolute Gasteiger partial charge is 0.303 e. The lowest BCUT2D eigenvalue weighted by Gasteiger charge is -2.10. The van der Waals surface area contributed by atoms with Gasteiger partial charge in [0.1, 0.15) is 5.75 Å². The van der Waals surface area contributed by atoms with Crippen molar-refractivity contribution in [2.45, 2.75) is 32.1 Å². The minimum absolute atomic E-state index is 0.0890. The van der Waals surface area contributed by atoms with E-state index in [0.717, 1.165) is 24.8 Å². The number of fused-ring (bicyclic) bond motifs is 1. The summed E-state index contributed by atoms with van der Waals surface area (Å²) in [4.78, 5) is 23.0. The van der Waals surface area contributed by atoms with E-state index >= 15 is 0 Å². The second-order valence-corrected chi connectivity index (χ2v) is 6.12. The topological polar surface area (TPSA) is 75.6 Å². The molecule has 0 spiro atoms. The highest BCUT2D eigenvalue weighted by Crippen LogP contribution is 2.26. The number of anilines is 1. The molecule has 2 aromatic carbocycles. The summed E-state index contributed by atoms with van der Waals surface area (Å²) in [5, 5.41) is 11.5. The number of carboxylic acids is 1. The predicted molar refractivity (Wildman–Crippen MR) is 95.2 cm³/mol. The summed E-state index contributed by atoms with van der Waals surface area (Å²) in [6.07, 6.45) is 3.67. The van der Waals surface area contributed by atoms with Gasteiger partial charge in [-0.3, -0.25) is 9.59 Å². The van der Waals surface area contributed by atoms with Crippen LogP contribution in [0.1, 0.15) is 40.7 Å². The maximum absolute atomic E-state index is 12.5. The van der Waals surface area contributed by atoms with E-state index in [-0.39, 0.29) is 12.3 Å². The van der Waals surface area contributed by atoms with Crippen molar-refractivity contribution >= 4 is 17.6 Å². The number of ether oxygens (including phenoxy) is 1. The van der Waals surface area contributed by atoms with E-state index in [9.17, 15) is 9.59 Å².